The highest BCUT2D eigenvalue weighted by Crippen LogP contribution is 2.17. The van der Waals surface area contributed by atoms with Gasteiger partial charge in [-0.2, -0.15) is 0 Å². The molecule has 0 saturated carbocycles. The predicted octanol–water partition coefficient (Wildman–Crippen LogP) is 0.816. The molecule has 1 aromatic rings. The maximum atomic E-state index is 11.6. The van der Waals surface area contributed by atoms with Crippen LogP contribution in [0.5, 0.6) is 0 Å². The van der Waals surface area contributed by atoms with Crippen LogP contribution in [-0.4, -0.2) is 37.5 Å². The molecule has 1 amide bonds. The minimum absolute atomic E-state index is 0.0388. The van der Waals surface area contributed by atoms with E-state index in [1.54, 1.807) is 11.3 Å². The second-order valence-electron chi connectivity index (χ2n) is 3.83. The lowest BCUT2D eigenvalue weighted by atomic mass is 10.3. The summed E-state index contributed by atoms with van der Waals surface area (Å²) in [7, 11) is 1.89. The first-order valence-electron chi connectivity index (χ1n) is 5.35. The fraction of sp³-hybridized carbons (Fsp3) is 0.545. The van der Waals surface area contributed by atoms with E-state index in [9.17, 15) is 4.79 Å². The van der Waals surface area contributed by atoms with Gasteiger partial charge in [0.1, 0.15) is 0 Å². The standard InChI is InChI=1S/C11H19N3OS/c1-9(10-4-3-7-16-10)13-11(15)8-14(2)6-5-12/h3-4,7,9H,5-6,8,12H2,1-2H3,(H,13,15). The molecule has 0 spiro atoms. The lowest BCUT2D eigenvalue weighted by Crippen LogP contribution is -2.38. The number of rotatable bonds is 6. The van der Waals surface area contributed by atoms with Crippen molar-refractivity contribution in [3.05, 3.63) is 22.4 Å². The Bertz CT molecular complexity index is 313. The Kier molecular flexibility index (Phi) is 5.45. The van der Waals surface area contributed by atoms with E-state index in [2.05, 4.69) is 5.32 Å². The van der Waals surface area contributed by atoms with Crippen LogP contribution in [0.25, 0.3) is 0 Å². The van der Waals surface area contributed by atoms with Gasteiger partial charge in [-0.1, -0.05) is 6.07 Å². The molecule has 5 heteroatoms. The number of nitrogens with zero attached hydrogens (tertiary/aromatic N) is 1. The van der Waals surface area contributed by atoms with Crippen molar-refractivity contribution in [3.8, 4) is 0 Å². The van der Waals surface area contributed by atoms with Gasteiger partial charge in [-0.15, -0.1) is 11.3 Å². The third kappa shape index (κ3) is 4.30. The number of likely N-dealkylation sites (N-methyl/N-ethyl adjacent to an activating group) is 1. The fourth-order valence-electron chi connectivity index (χ4n) is 1.44. The number of nitrogens with one attached hydrogen (secondary N) is 1. The first kappa shape index (κ1) is 13.2. The van der Waals surface area contributed by atoms with Crippen LogP contribution >= 0.6 is 11.3 Å². The molecule has 16 heavy (non-hydrogen) atoms. The van der Waals surface area contributed by atoms with Crippen LogP contribution in [0.4, 0.5) is 0 Å². The number of amides is 1. The Hall–Kier alpha value is -0.910. The highest BCUT2D eigenvalue weighted by Gasteiger charge is 2.11. The van der Waals surface area contributed by atoms with Gasteiger partial charge in [-0.3, -0.25) is 9.69 Å². The summed E-state index contributed by atoms with van der Waals surface area (Å²) in [5.41, 5.74) is 5.41. The summed E-state index contributed by atoms with van der Waals surface area (Å²) < 4.78 is 0. The Morgan fingerprint density at radius 1 is 1.69 bits per heavy atom. The summed E-state index contributed by atoms with van der Waals surface area (Å²) in [4.78, 5) is 14.7. The number of thiophene rings is 1. The monoisotopic (exact) mass is 241 g/mol. The Morgan fingerprint density at radius 2 is 2.44 bits per heavy atom. The molecule has 0 aliphatic carbocycles. The van der Waals surface area contributed by atoms with Crippen LogP contribution in [0.3, 0.4) is 0 Å². The molecule has 0 aliphatic rings. The van der Waals surface area contributed by atoms with Gasteiger partial charge in [-0.05, 0) is 25.4 Å². The number of carbonyl (C=O) groups excluding carboxylic acids is 1. The summed E-state index contributed by atoms with van der Waals surface area (Å²) in [6.07, 6.45) is 0. The zero-order valence-corrected chi connectivity index (χ0v) is 10.6. The molecule has 0 bridgehead atoms. The van der Waals surface area contributed by atoms with Crippen LogP contribution in [-0.2, 0) is 4.79 Å². The van der Waals surface area contributed by atoms with Gasteiger partial charge < -0.3 is 11.1 Å². The van der Waals surface area contributed by atoms with E-state index in [-0.39, 0.29) is 11.9 Å². The van der Waals surface area contributed by atoms with Crippen molar-refractivity contribution in [2.45, 2.75) is 13.0 Å². The highest BCUT2D eigenvalue weighted by molar-refractivity contribution is 7.10. The summed E-state index contributed by atoms with van der Waals surface area (Å²) in [5.74, 6) is 0.0388. The molecule has 3 N–H and O–H groups in total. The molecule has 1 unspecified atom stereocenters. The normalized spacial score (nSPS) is 12.8. The average molecular weight is 241 g/mol. The zero-order valence-electron chi connectivity index (χ0n) is 9.77. The van der Waals surface area contributed by atoms with E-state index in [0.717, 1.165) is 6.54 Å². The van der Waals surface area contributed by atoms with Crippen LogP contribution in [0.2, 0.25) is 0 Å². The largest absolute Gasteiger partial charge is 0.348 e. The number of nitrogens with two attached hydrogens (primary N) is 1. The van der Waals surface area contributed by atoms with E-state index >= 15 is 0 Å². The second-order valence-corrected chi connectivity index (χ2v) is 4.81. The third-order valence-electron chi connectivity index (χ3n) is 2.27. The molecule has 0 saturated heterocycles. The Balaban J connectivity index is 2.34. The lowest BCUT2D eigenvalue weighted by molar-refractivity contribution is -0.122. The van der Waals surface area contributed by atoms with E-state index < -0.39 is 0 Å². The van der Waals surface area contributed by atoms with Gasteiger partial charge in [0.25, 0.3) is 0 Å². The van der Waals surface area contributed by atoms with E-state index in [1.165, 1.54) is 4.88 Å². The van der Waals surface area contributed by atoms with E-state index in [1.807, 2.05) is 36.4 Å². The molecule has 1 heterocycles. The molecule has 1 rings (SSSR count). The SMILES string of the molecule is CC(NC(=O)CN(C)CCN)c1cccs1. The van der Waals surface area contributed by atoms with Crippen molar-refractivity contribution in [1.82, 2.24) is 10.2 Å². The maximum Gasteiger partial charge on any atom is 0.234 e. The number of hydrogen-bond acceptors (Lipinski definition) is 4. The molecule has 0 aromatic carbocycles. The van der Waals surface area contributed by atoms with Gasteiger partial charge in [-0.25, -0.2) is 0 Å². The average Bonchev–Trinajstić information content (AvgIpc) is 2.69. The summed E-state index contributed by atoms with van der Waals surface area (Å²) in [6.45, 7) is 3.70. The summed E-state index contributed by atoms with van der Waals surface area (Å²) >= 11 is 1.65. The van der Waals surface area contributed by atoms with Gasteiger partial charge in [0.05, 0.1) is 12.6 Å². The van der Waals surface area contributed by atoms with Crippen molar-refractivity contribution in [2.75, 3.05) is 26.7 Å². The molecule has 0 radical (unpaired) electrons. The first-order valence-corrected chi connectivity index (χ1v) is 6.23. The summed E-state index contributed by atoms with van der Waals surface area (Å²) in [5, 5.41) is 4.97. The molecule has 90 valence electrons. The van der Waals surface area contributed by atoms with Gasteiger partial charge >= 0.3 is 0 Å². The molecule has 0 aliphatic heterocycles. The topological polar surface area (TPSA) is 58.4 Å². The minimum atomic E-state index is 0.0388. The van der Waals surface area contributed by atoms with Gasteiger partial charge in [0.2, 0.25) is 5.91 Å². The molecule has 0 fully saturated rings. The predicted molar refractivity (Wildman–Crippen MR) is 67.4 cm³/mol. The quantitative estimate of drug-likeness (QED) is 0.775. The Morgan fingerprint density at radius 3 is 3.00 bits per heavy atom. The van der Waals surface area contributed by atoms with Crippen molar-refractivity contribution in [1.29, 1.82) is 0 Å². The lowest BCUT2D eigenvalue weighted by Gasteiger charge is -2.17. The van der Waals surface area contributed by atoms with Crippen LogP contribution in [0.15, 0.2) is 17.5 Å². The second kappa shape index (κ2) is 6.62. The molecule has 4 nitrogen and oxygen atoms in total. The van der Waals surface area contributed by atoms with Crippen LogP contribution in [0, 0.1) is 0 Å². The van der Waals surface area contributed by atoms with E-state index in [0.29, 0.717) is 13.1 Å². The fourth-order valence-corrected chi connectivity index (χ4v) is 2.17. The van der Waals surface area contributed by atoms with Crippen molar-refractivity contribution in [2.24, 2.45) is 5.73 Å². The smallest absolute Gasteiger partial charge is 0.234 e. The number of carbonyl (C=O) groups is 1. The highest BCUT2D eigenvalue weighted by atomic mass is 32.1. The molecule has 1 aromatic heterocycles. The summed E-state index contributed by atoms with van der Waals surface area (Å²) in [6, 6.07) is 4.10. The van der Waals surface area contributed by atoms with Gasteiger partial charge in [0.15, 0.2) is 0 Å². The van der Waals surface area contributed by atoms with Crippen molar-refractivity contribution < 1.29 is 4.79 Å². The van der Waals surface area contributed by atoms with Crippen molar-refractivity contribution >= 4 is 17.2 Å². The first-order chi connectivity index (χ1) is 7.63. The molecular formula is C11H19N3OS. The van der Waals surface area contributed by atoms with Gasteiger partial charge in [0, 0.05) is 18.0 Å². The van der Waals surface area contributed by atoms with Crippen molar-refractivity contribution in [3.63, 3.8) is 0 Å². The third-order valence-corrected chi connectivity index (χ3v) is 3.33. The maximum absolute atomic E-state index is 11.6. The van der Waals surface area contributed by atoms with Crippen LogP contribution in [0.1, 0.15) is 17.8 Å². The van der Waals surface area contributed by atoms with Crippen LogP contribution < -0.4 is 11.1 Å². The Labute approximate surface area is 100 Å². The van der Waals surface area contributed by atoms with E-state index in [4.69, 9.17) is 5.73 Å². The molecular weight excluding hydrogens is 222 g/mol. The zero-order chi connectivity index (χ0) is 12.0. The number of hydrogen-bond donors (Lipinski definition) is 2. The molecule has 1 atom stereocenters. The minimum Gasteiger partial charge on any atom is -0.348 e.